The summed E-state index contributed by atoms with van der Waals surface area (Å²) in [5, 5.41) is 0. The molecule has 1 aromatic carbocycles. The van der Waals surface area contributed by atoms with Crippen molar-refractivity contribution < 1.29 is 4.74 Å². The Bertz CT molecular complexity index is 422. The minimum absolute atomic E-state index is 0.231. The molecule has 1 heterocycles. The molecule has 4 heteroatoms. The van der Waals surface area contributed by atoms with Crippen LogP contribution in [0.1, 0.15) is 0 Å². The van der Waals surface area contributed by atoms with Gasteiger partial charge in [-0.2, -0.15) is 0 Å². The van der Waals surface area contributed by atoms with Crippen LogP contribution in [0.25, 0.3) is 11.3 Å². The van der Waals surface area contributed by atoms with Crippen LogP contribution in [-0.2, 0) is 0 Å². The van der Waals surface area contributed by atoms with Crippen LogP contribution in [0.5, 0.6) is 5.75 Å². The average molecular weight is 253 g/mol. The van der Waals surface area contributed by atoms with Gasteiger partial charge in [0.05, 0.1) is 0 Å². The maximum atomic E-state index is 5.62. The second-order valence-electron chi connectivity index (χ2n) is 2.80. The van der Waals surface area contributed by atoms with Crippen LogP contribution < -0.4 is 10.5 Å². The molecule has 0 atom stereocenters. The van der Waals surface area contributed by atoms with Gasteiger partial charge >= 0.3 is 88.0 Å². The molecule has 2 aromatic rings. The van der Waals surface area contributed by atoms with Gasteiger partial charge in [-0.25, -0.2) is 0 Å². The van der Waals surface area contributed by atoms with Gasteiger partial charge in [0.2, 0.25) is 0 Å². The molecule has 72 valence electrons. The molecule has 0 unspecified atom stereocenters. The number of ether oxygens (including phenoxy) is 1. The summed E-state index contributed by atoms with van der Waals surface area (Å²) in [5.74, 6) is 0.856. The van der Waals surface area contributed by atoms with Crippen molar-refractivity contribution in [2.24, 2.45) is 0 Å². The molecule has 0 aliphatic rings. The molecule has 0 spiro atoms. The van der Waals surface area contributed by atoms with Crippen molar-refractivity contribution in [1.82, 2.24) is 4.98 Å². The molecule has 0 bridgehead atoms. The molecule has 0 aliphatic carbocycles. The van der Waals surface area contributed by atoms with Gasteiger partial charge < -0.3 is 0 Å². The van der Waals surface area contributed by atoms with Gasteiger partial charge in [0.1, 0.15) is 0 Å². The Labute approximate surface area is 88.3 Å². The second-order valence-corrected chi connectivity index (χ2v) is 4.67. The van der Waals surface area contributed by atoms with E-state index < -0.39 is 0 Å². The molecular formula is C10H10N2OSe. The molecule has 1 aromatic heterocycles. The van der Waals surface area contributed by atoms with Crippen molar-refractivity contribution in [3.63, 3.8) is 0 Å². The van der Waals surface area contributed by atoms with Crippen LogP contribution in [0.15, 0.2) is 29.2 Å². The van der Waals surface area contributed by atoms with Gasteiger partial charge in [0.25, 0.3) is 0 Å². The normalized spacial score (nSPS) is 10.1. The number of aromatic nitrogens is 1. The number of hydrogen-bond acceptors (Lipinski definition) is 3. The SMILES string of the molecule is COc1ccc(-c2c[se]c(N)n2)cc1. The van der Waals surface area contributed by atoms with Crippen LogP contribution >= 0.6 is 0 Å². The second kappa shape index (κ2) is 3.86. The first-order chi connectivity index (χ1) is 6.79. The first-order valence-corrected chi connectivity index (χ1v) is 5.99. The Balaban J connectivity index is 2.33. The average Bonchev–Trinajstić information content (AvgIpc) is 2.65. The van der Waals surface area contributed by atoms with E-state index in [2.05, 4.69) is 9.92 Å². The molecule has 0 saturated heterocycles. The van der Waals surface area contributed by atoms with Gasteiger partial charge in [-0.15, -0.1) is 0 Å². The Morgan fingerprint density at radius 3 is 2.50 bits per heavy atom. The number of rotatable bonds is 2. The standard InChI is InChI=1S/C10H10N2OSe/c1-13-8-4-2-7(3-5-8)9-6-14-10(11)12-9/h2-6H,1H3,(H2,11,12). The zero-order valence-corrected chi connectivity index (χ0v) is 9.44. The van der Waals surface area contributed by atoms with Gasteiger partial charge in [-0.3, -0.25) is 0 Å². The summed E-state index contributed by atoms with van der Waals surface area (Å²) in [6, 6.07) is 7.83. The Kier molecular flexibility index (Phi) is 2.57. The van der Waals surface area contributed by atoms with Crippen LogP contribution in [-0.4, -0.2) is 26.6 Å². The van der Waals surface area contributed by atoms with E-state index in [4.69, 9.17) is 10.5 Å². The van der Waals surface area contributed by atoms with Crippen LogP contribution in [0.3, 0.4) is 0 Å². The quantitative estimate of drug-likeness (QED) is 0.823. The summed E-state index contributed by atoms with van der Waals surface area (Å²) in [7, 11) is 1.66. The number of anilines is 1. The van der Waals surface area contributed by atoms with E-state index in [-0.39, 0.29) is 14.5 Å². The summed E-state index contributed by atoms with van der Waals surface area (Å²) in [5.41, 5.74) is 7.69. The van der Waals surface area contributed by atoms with Crippen molar-refractivity contribution in [3.8, 4) is 17.0 Å². The van der Waals surface area contributed by atoms with Gasteiger partial charge in [-0.05, 0) is 0 Å². The molecule has 0 saturated carbocycles. The minimum atomic E-state index is 0.231. The van der Waals surface area contributed by atoms with E-state index in [1.54, 1.807) is 7.11 Å². The molecule has 2 rings (SSSR count). The van der Waals surface area contributed by atoms with Crippen molar-refractivity contribution >= 4 is 19.2 Å². The third-order valence-electron chi connectivity index (χ3n) is 1.91. The molecular weight excluding hydrogens is 243 g/mol. The molecule has 3 nitrogen and oxygen atoms in total. The predicted molar refractivity (Wildman–Crippen MR) is 57.6 cm³/mol. The van der Waals surface area contributed by atoms with E-state index >= 15 is 0 Å². The summed E-state index contributed by atoms with van der Waals surface area (Å²) >= 11 is 0.231. The summed E-state index contributed by atoms with van der Waals surface area (Å²) in [6.07, 6.45) is 0. The third-order valence-corrected chi connectivity index (χ3v) is 3.32. The van der Waals surface area contributed by atoms with Gasteiger partial charge in [0.15, 0.2) is 0 Å². The van der Waals surface area contributed by atoms with Gasteiger partial charge in [0, 0.05) is 0 Å². The Morgan fingerprint density at radius 2 is 2.00 bits per heavy atom. The number of methoxy groups -OCH3 is 1. The molecule has 0 aliphatic heterocycles. The fourth-order valence-corrected chi connectivity index (χ4v) is 2.38. The molecule has 14 heavy (non-hydrogen) atoms. The van der Waals surface area contributed by atoms with E-state index in [0.29, 0.717) is 0 Å². The topological polar surface area (TPSA) is 48.1 Å². The van der Waals surface area contributed by atoms with Crippen molar-refractivity contribution in [3.05, 3.63) is 29.2 Å². The van der Waals surface area contributed by atoms with Gasteiger partial charge in [-0.1, -0.05) is 0 Å². The maximum absolute atomic E-state index is 5.62. The first-order valence-electron chi connectivity index (χ1n) is 4.15. The van der Waals surface area contributed by atoms with E-state index in [1.165, 1.54) is 0 Å². The number of nitrogen functional groups attached to an aromatic ring is 1. The molecule has 0 fully saturated rings. The van der Waals surface area contributed by atoms with E-state index in [9.17, 15) is 0 Å². The number of hydrogen-bond donors (Lipinski definition) is 1. The monoisotopic (exact) mass is 254 g/mol. The fraction of sp³-hybridized carbons (Fsp3) is 0.100. The molecule has 2 N–H and O–H groups in total. The molecule has 0 amide bonds. The fourth-order valence-electron chi connectivity index (χ4n) is 1.18. The van der Waals surface area contributed by atoms with E-state index in [0.717, 1.165) is 21.7 Å². The Morgan fingerprint density at radius 1 is 1.29 bits per heavy atom. The van der Waals surface area contributed by atoms with Crippen LogP contribution in [0.4, 0.5) is 4.69 Å². The predicted octanol–water partition coefficient (Wildman–Crippen LogP) is 1.40. The number of benzene rings is 1. The number of nitrogens with zero attached hydrogens (tertiary/aromatic N) is 1. The first kappa shape index (κ1) is 9.31. The van der Waals surface area contributed by atoms with Crippen molar-refractivity contribution in [2.75, 3.05) is 12.8 Å². The van der Waals surface area contributed by atoms with E-state index in [1.807, 2.05) is 24.3 Å². The van der Waals surface area contributed by atoms with Crippen LogP contribution in [0, 0.1) is 0 Å². The van der Waals surface area contributed by atoms with Crippen molar-refractivity contribution in [1.29, 1.82) is 0 Å². The summed E-state index contributed by atoms with van der Waals surface area (Å²) < 4.78 is 5.82. The number of nitrogens with two attached hydrogens (primary N) is 1. The van der Waals surface area contributed by atoms with Crippen molar-refractivity contribution in [2.45, 2.75) is 0 Å². The van der Waals surface area contributed by atoms with Crippen LogP contribution in [0.2, 0.25) is 0 Å². The zero-order valence-electron chi connectivity index (χ0n) is 7.73. The summed E-state index contributed by atoms with van der Waals surface area (Å²) in [6.45, 7) is 0. The third kappa shape index (κ3) is 1.81. The molecule has 0 radical (unpaired) electrons. The zero-order chi connectivity index (χ0) is 9.97. The Hall–Kier alpha value is -1.25. The summed E-state index contributed by atoms with van der Waals surface area (Å²) in [4.78, 5) is 6.34.